The van der Waals surface area contributed by atoms with Crippen LogP contribution in [0.5, 0.6) is 5.75 Å². The third-order valence-electron chi connectivity index (χ3n) is 3.47. The number of ether oxygens (including phenoxy) is 1. The minimum Gasteiger partial charge on any atom is -0.494 e. The summed E-state index contributed by atoms with van der Waals surface area (Å²) in [6.45, 7) is 6.04. The third-order valence-corrected chi connectivity index (χ3v) is 3.47. The van der Waals surface area contributed by atoms with Crippen LogP contribution in [0.2, 0.25) is 0 Å². The van der Waals surface area contributed by atoms with Crippen molar-refractivity contribution in [2.45, 2.75) is 25.8 Å². The van der Waals surface area contributed by atoms with Gasteiger partial charge in [-0.05, 0) is 43.0 Å². The molecule has 1 aromatic carbocycles. The van der Waals surface area contributed by atoms with Crippen LogP contribution in [0.25, 0.3) is 0 Å². The molecule has 4 heteroatoms. The third kappa shape index (κ3) is 4.80. The molecule has 1 aromatic rings. The first-order valence-corrected chi connectivity index (χ1v) is 7.00. The van der Waals surface area contributed by atoms with Crippen LogP contribution in [0, 0.1) is 11.7 Å². The molecular formula is C15H23FN2O. The highest BCUT2D eigenvalue weighted by Crippen LogP contribution is 2.15. The topological polar surface area (TPSA) is 38.5 Å². The van der Waals surface area contributed by atoms with Crippen molar-refractivity contribution in [3.05, 3.63) is 30.1 Å². The maximum atomic E-state index is 12.7. The first kappa shape index (κ1) is 14.3. The lowest BCUT2D eigenvalue weighted by Crippen LogP contribution is -2.46. The summed E-state index contributed by atoms with van der Waals surface area (Å²) < 4.78 is 18.3. The molecule has 1 fully saturated rings. The standard InChI is InChI=1S/C15H23FN2O/c1-12-9-14(17)11-18(10-12)7-2-8-19-15-5-3-13(16)4-6-15/h3-6,12,14H,2,7-11,17H2,1H3. The lowest BCUT2D eigenvalue weighted by atomic mass is 9.96. The van der Waals surface area contributed by atoms with Crippen molar-refractivity contribution >= 4 is 0 Å². The largest absolute Gasteiger partial charge is 0.494 e. The SMILES string of the molecule is CC1CC(N)CN(CCCOc2ccc(F)cc2)C1. The highest BCUT2D eigenvalue weighted by molar-refractivity contribution is 5.21. The van der Waals surface area contributed by atoms with Crippen LogP contribution >= 0.6 is 0 Å². The Morgan fingerprint density at radius 3 is 2.74 bits per heavy atom. The van der Waals surface area contributed by atoms with Gasteiger partial charge in [0, 0.05) is 25.7 Å². The van der Waals surface area contributed by atoms with Gasteiger partial charge in [-0.25, -0.2) is 4.39 Å². The Balaban J connectivity index is 1.65. The van der Waals surface area contributed by atoms with Crippen LogP contribution in [-0.2, 0) is 0 Å². The van der Waals surface area contributed by atoms with Crippen LogP contribution in [0.1, 0.15) is 19.8 Å². The van der Waals surface area contributed by atoms with Crippen molar-refractivity contribution in [3.63, 3.8) is 0 Å². The van der Waals surface area contributed by atoms with E-state index in [-0.39, 0.29) is 5.82 Å². The molecule has 2 atom stereocenters. The van der Waals surface area contributed by atoms with Crippen molar-refractivity contribution in [1.29, 1.82) is 0 Å². The predicted octanol–water partition coefficient (Wildman–Crippen LogP) is 2.26. The number of hydrogen-bond acceptors (Lipinski definition) is 3. The number of hydrogen-bond donors (Lipinski definition) is 1. The molecular weight excluding hydrogens is 243 g/mol. The van der Waals surface area contributed by atoms with Crippen LogP contribution in [0.15, 0.2) is 24.3 Å². The van der Waals surface area contributed by atoms with Crippen molar-refractivity contribution < 1.29 is 9.13 Å². The molecule has 2 N–H and O–H groups in total. The summed E-state index contributed by atoms with van der Waals surface area (Å²) in [5, 5.41) is 0. The normalized spacial score (nSPS) is 24.4. The molecule has 2 unspecified atom stereocenters. The van der Waals surface area contributed by atoms with Crippen LogP contribution in [0.3, 0.4) is 0 Å². The van der Waals surface area contributed by atoms with E-state index < -0.39 is 0 Å². The number of piperidine rings is 1. The van der Waals surface area contributed by atoms with E-state index in [0.717, 1.165) is 38.2 Å². The van der Waals surface area contributed by atoms with Gasteiger partial charge in [-0.15, -0.1) is 0 Å². The van der Waals surface area contributed by atoms with Gasteiger partial charge in [-0.1, -0.05) is 6.92 Å². The van der Waals surface area contributed by atoms with Gasteiger partial charge in [0.1, 0.15) is 11.6 Å². The first-order valence-electron chi connectivity index (χ1n) is 7.00. The van der Waals surface area contributed by atoms with Gasteiger partial charge in [0.2, 0.25) is 0 Å². The van der Waals surface area contributed by atoms with Crippen molar-refractivity contribution in [1.82, 2.24) is 4.90 Å². The quantitative estimate of drug-likeness (QED) is 0.831. The fourth-order valence-corrected chi connectivity index (χ4v) is 2.70. The molecule has 3 nitrogen and oxygen atoms in total. The Hall–Kier alpha value is -1.13. The van der Waals surface area contributed by atoms with E-state index in [1.165, 1.54) is 12.1 Å². The van der Waals surface area contributed by atoms with Crippen LogP contribution in [0.4, 0.5) is 4.39 Å². The number of halogens is 1. The van der Waals surface area contributed by atoms with E-state index in [1.807, 2.05) is 0 Å². The minimum absolute atomic E-state index is 0.233. The number of nitrogens with zero attached hydrogens (tertiary/aromatic N) is 1. The van der Waals surface area contributed by atoms with E-state index in [9.17, 15) is 4.39 Å². The lowest BCUT2D eigenvalue weighted by molar-refractivity contribution is 0.154. The zero-order valence-corrected chi connectivity index (χ0v) is 11.5. The van der Waals surface area contributed by atoms with Gasteiger partial charge in [0.15, 0.2) is 0 Å². The van der Waals surface area contributed by atoms with E-state index in [4.69, 9.17) is 10.5 Å². The Bertz CT molecular complexity index is 372. The first-order chi connectivity index (χ1) is 9.13. The zero-order chi connectivity index (χ0) is 13.7. The van der Waals surface area contributed by atoms with Crippen molar-refractivity contribution in [3.8, 4) is 5.75 Å². The molecule has 0 amide bonds. The molecule has 2 rings (SSSR count). The molecule has 1 aliphatic rings. The van der Waals surface area contributed by atoms with Crippen LogP contribution < -0.4 is 10.5 Å². The summed E-state index contributed by atoms with van der Waals surface area (Å²) in [6, 6.07) is 6.46. The molecule has 0 spiro atoms. The fourth-order valence-electron chi connectivity index (χ4n) is 2.70. The summed E-state index contributed by atoms with van der Waals surface area (Å²) in [7, 11) is 0. The smallest absolute Gasteiger partial charge is 0.123 e. The molecule has 0 saturated carbocycles. The number of nitrogens with two attached hydrogens (primary N) is 1. The van der Waals surface area contributed by atoms with Crippen molar-refractivity contribution in [2.24, 2.45) is 11.7 Å². The maximum Gasteiger partial charge on any atom is 0.123 e. The Labute approximate surface area is 114 Å². The van der Waals surface area contributed by atoms with E-state index in [2.05, 4.69) is 11.8 Å². The summed E-state index contributed by atoms with van der Waals surface area (Å²) in [5.74, 6) is 1.18. The van der Waals surface area contributed by atoms with E-state index in [1.54, 1.807) is 12.1 Å². The second-order valence-corrected chi connectivity index (χ2v) is 5.52. The molecule has 106 valence electrons. The molecule has 0 radical (unpaired) electrons. The molecule has 0 aliphatic carbocycles. The summed E-state index contributed by atoms with van der Waals surface area (Å²) in [4.78, 5) is 2.41. The molecule has 1 saturated heterocycles. The Kier molecular flexibility index (Phi) is 5.16. The second kappa shape index (κ2) is 6.87. The number of likely N-dealkylation sites (tertiary alicyclic amines) is 1. The molecule has 1 heterocycles. The molecule has 0 aromatic heterocycles. The predicted molar refractivity (Wildman–Crippen MR) is 74.7 cm³/mol. The van der Waals surface area contributed by atoms with Gasteiger partial charge in [0.05, 0.1) is 6.61 Å². The molecule has 19 heavy (non-hydrogen) atoms. The maximum absolute atomic E-state index is 12.7. The summed E-state index contributed by atoms with van der Waals surface area (Å²) >= 11 is 0. The summed E-state index contributed by atoms with van der Waals surface area (Å²) in [5.41, 5.74) is 6.02. The monoisotopic (exact) mass is 266 g/mol. The Morgan fingerprint density at radius 2 is 2.05 bits per heavy atom. The van der Waals surface area contributed by atoms with Gasteiger partial charge in [0.25, 0.3) is 0 Å². The second-order valence-electron chi connectivity index (χ2n) is 5.52. The average molecular weight is 266 g/mol. The molecule has 1 aliphatic heterocycles. The van der Waals surface area contributed by atoms with Gasteiger partial charge in [-0.2, -0.15) is 0 Å². The highest BCUT2D eigenvalue weighted by atomic mass is 19.1. The Morgan fingerprint density at radius 1 is 1.32 bits per heavy atom. The highest BCUT2D eigenvalue weighted by Gasteiger charge is 2.21. The molecule has 0 bridgehead atoms. The van der Waals surface area contributed by atoms with Gasteiger partial charge < -0.3 is 15.4 Å². The van der Waals surface area contributed by atoms with E-state index in [0.29, 0.717) is 18.6 Å². The number of benzene rings is 1. The minimum atomic E-state index is -0.233. The summed E-state index contributed by atoms with van der Waals surface area (Å²) in [6.07, 6.45) is 2.10. The van der Waals surface area contributed by atoms with Gasteiger partial charge >= 0.3 is 0 Å². The van der Waals surface area contributed by atoms with Crippen LogP contribution in [-0.4, -0.2) is 37.2 Å². The zero-order valence-electron chi connectivity index (χ0n) is 11.5. The van der Waals surface area contributed by atoms with E-state index >= 15 is 0 Å². The van der Waals surface area contributed by atoms with Crippen molar-refractivity contribution in [2.75, 3.05) is 26.2 Å². The average Bonchev–Trinajstić information content (AvgIpc) is 2.36. The number of rotatable bonds is 5. The fraction of sp³-hybridized carbons (Fsp3) is 0.600. The van der Waals surface area contributed by atoms with Gasteiger partial charge in [-0.3, -0.25) is 0 Å². The lowest BCUT2D eigenvalue weighted by Gasteiger charge is -2.34.